The molecule has 2 nitrogen and oxygen atoms in total. The fraction of sp³-hybridized carbons (Fsp3) is 0.944. The van der Waals surface area contributed by atoms with E-state index in [4.69, 9.17) is 4.74 Å². The van der Waals surface area contributed by atoms with E-state index in [1.54, 1.807) is 6.92 Å². The maximum atomic E-state index is 13.5. The number of carbonyl (C=O) groups is 1. The molecule has 0 saturated carbocycles. The van der Waals surface area contributed by atoms with Crippen molar-refractivity contribution in [2.45, 2.75) is 90.2 Å². The molecule has 5 heteroatoms. The molecule has 0 aromatic rings. The van der Waals surface area contributed by atoms with Crippen LogP contribution >= 0.6 is 11.8 Å². The molecule has 1 unspecified atom stereocenters. The van der Waals surface area contributed by atoms with Crippen molar-refractivity contribution in [2.75, 3.05) is 12.4 Å². The van der Waals surface area contributed by atoms with Crippen molar-refractivity contribution >= 4 is 17.7 Å². The highest BCUT2D eigenvalue weighted by atomic mass is 32.2. The van der Waals surface area contributed by atoms with Gasteiger partial charge < -0.3 is 4.74 Å². The largest absolute Gasteiger partial charge is 0.465 e. The van der Waals surface area contributed by atoms with Crippen LogP contribution in [0.15, 0.2) is 0 Å². The Bertz CT molecular complexity index is 309. The van der Waals surface area contributed by atoms with Gasteiger partial charge in [0.25, 0.3) is 0 Å². The smallest absolute Gasteiger partial charge is 0.319 e. The molecule has 23 heavy (non-hydrogen) atoms. The van der Waals surface area contributed by atoms with Crippen LogP contribution in [0.25, 0.3) is 0 Å². The molecular formula is C18H34F2O2S. The summed E-state index contributed by atoms with van der Waals surface area (Å²) in [6, 6.07) is 0. The predicted molar refractivity (Wildman–Crippen MR) is 95.3 cm³/mol. The molecule has 0 heterocycles. The third kappa shape index (κ3) is 12.7. The SMILES string of the molecule is CCCCCC(SCCCC(F)(F)CCC)C(=O)OCC(C)C. The molecule has 138 valence electrons. The number of halogens is 2. The fourth-order valence-electron chi connectivity index (χ4n) is 2.24. The van der Waals surface area contributed by atoms with E-state index in [-0.39, 0.29) is 24.1 Å². The molecule has 0 saturated heterocycles. The molecule has 0 aliphatic heterocycles. The monoisotopic (exact) mass is 352 g/mol. The molecule has 0 rings (SSSR count). The van der Waals surface area contributed by atoms with Crippen molar-refractivity contribution in [3.63, 3.8) is 0 Å². The van der Waals surface area contributed by atoms with Crippen LogP contribution in [0.3, 0.4) is 0 Å². The van der Waals surface area contributed by atoms with Crippen LogP contribution in [0.1, 0.15) is 79.1 Å². The zero-order valence-electron chi connectivity index (χ0n) is 15.2. The second-order valence-electron chi connectivity index (χ2n) is 6.59. The molecule has 0 spiro atoms. The van der Waals surface area contributed by atoms with Gasteiger partial charge in [-0.1, -0.05) is 53.4 Å². The Morgan fingerprint density at radius 3 is 2.35 bits per heavy atom. The fourth-order valence-corrected chi connectivity index (χ4v) is 3.37. The normalized spacial score (nSPS) is 13.3. The van der Waals surface area contributed by atoms with Gasteiger partial charge in [0.1, 0.15) is 5.25 Å². The van der Waals surface area contributed by atoms with Crippen LogP contribution in [0.2, 0.25) is 0 Å². The van der Waals surface area contributed by atoms with Crippen LogP contribution in [0.4, 0.5) is 8.78 Å². The van der Waals surface area contributed by atoms with Gasteiger partial charge in [0.05, 0.1) is 6.61 Å². The lowest BCUT2D eigenvalue weighted by molar-refractivity contribution is -0.144. The Labute approximate surface area is 145 Å². The number of hydrogen-bond donors (Lipinski definition) is 0. The molecule has 0 aromatic heterocycles. The van der Waals surface area contributed by atoms with Crippen molar-refractivity contribution in [3.05, 3.63) is 0 Å². The first-order valence-electron chi connectivity index (χ1n) is 8.98. The molecule has 0 radical (unpaired) electrons. The predicted octanol–water partition coefficient (Wildman–Crippen LogP) is 6.08. The van der Waals surface area contributed by atoms with E-state index in [2.05, 4.69) is 6.92 Å². The first-order chi connectivity index (χ1) is 10.8. The second kappa shape index (κ2) is 13.0. The van der Waals surface area contributed by atoms with E-state index in [1.165, 1.54) is 11.8 Å². The number of thioether (sulfide) groups is 1. The zero-order valence-corrected chi connectivity index (χ0v) is 16.0. The Balaban J connectivity index is 4.21. The van der Waals surface area contributed by atoms with E-state index in [0.29, 0.717) is 31.1 Å². The Hall–Kier alpha value is -0.320. The van der Waals surface area contributed by atoms with Crippen molar-refractivity contribution in [3.8, 4) is 0 Å². The van der Waals surface area contributed by atoms with Crippen molar-refractivity contribution < 1.29 is 18.3 Å². The number of esters is 1. The molecule has 0 N–H and O–H groups in total. The molecule has 0 amide bonds. The van der Waals surface area contributed by atoms with Gasteiger partial charge in [-0.3, -0.25) is 4.79 Å². The van der Waals surface area contributed by atoms with Crippen molar-refractivity contribution in [1.29, 1.82) is 0 Å². The number of unbranched alkanes of at least 4 members (excludes halogenated alkanes) is 2. The quantitative estimate of drug-likeness (QED) is 0.280. The first kappa shape index (κ1) is 22.7. The number of rotatable bonds is 14. The molecule has 1 atom stereocenters. The topological polar surface area (TPSA) is 26.3 Å². The Morgan fingerprint density at radius 2 is 1.78 bits per heavy atom. The summed E-state index contributed by atoms with van der Waals surface area (Å²) in [6.07, 6.45) is 4.76. The molecule has 0 aromatic carbocycles. The van der Waals surface area contributed by atoms with Gasteiger partial charge >= 0.3 is 5.97 Å². The minimum Gasteiger partial charge on any atom is -0.465 e. The van der Waals surface area contributed by atoms with Crippen LogP contribution in [0.5, 0.6) is 0 Å². The van der Waals surface area contributed by atoms with Crippen molar-refractivity contribution in [2.24, 2.45) is 5.92 Å². The van der Waals surface area contributed by atoms with E-state index in [1.807, 2.05) is 13.8 Å². The van der Waals surface area contributed by atoms with Crippen LogP contribution in [-0.4, -0.2) is 29.5 Å². The lowest BCUT2D eigenvalue weighted by Gasteiger charge is -2.18. The van der Waals surface area contributed by atoms with Gasteiger partial charge in [0.15, 0.2) is 0 Å². The molecule has 0 aliphatic carbocycles. The summed E-state index contributed by atoms with van der Waals surface area (Å²) in [6.45, 7) is 8.33. The number of carbonyl (C=O) groups excluding carboxylic acids is 1. The molecule has 0 aliphatic rings. The summed E-state index contributed by atoms with van der Waals surface area (Å²) < 4.78 is 32.3. The summed E-state index contributed by atoms with van der Waals surface area (Å²) >= 11 is 1.48. The zero-order chi connectivity index (χ0) is 17.7. The third-order valence-corrected chi connectivity index (χ3v) is 4.87. The number of hydrogen-bond acceptors (Lipinski definition) is 3. The summed E-state index contributed by atoms with van der Waals surface area (Å²) in [5, 5.41) is -0.208. The summed E-state index contributed by atoms with van der Waals surface area (Å²) in [7, 11) is 0. The summed E-state index contributed by atoms with van der Waals surface area (Å²) in [4.78, 5) is 12.1. The number of ether oxygens (including phenoxy) is 1. The molecule has 0 bridgehead atoms. The van der Waals surface area contributed by atoms with Gasteiger partial charge in [-0.15, -0.1) is 11.8 Å². The molecule has 0 fully saturated rings. The third-order valence-electron chi connectivity index (χ3n) is 3.51. The van der Waals surface area contributed by atoms with Crippen LogP contribution in [-0.2, 0) is 9.53 Å². The van der Waals surface area contributed by atoms with Crippen LogP contribution in [0, 0.1) is 5.92 Å². The van der Waals surface area contributed by atoms with Gasteiger partial charge in [-0.25, -0.2) is 8.78 Å². The lowest BCUT2D eigenvalue weighted by Crippen LogP contribution is -2.23. The van der Waals surface area contributed by atoms with E-state index in [0.717, 1.165) is 25.7 Å². The van der Waals surface area contributed by atoms with E-state index >= 15 is 0 Å². The highest BCUT2D eigenvalue weighted by Crippen LogP contribution is 2.28. The van der Waals surface area contributed by atoms with E-state index in [9.17, 15) is 13.6 Å². The highest BCUT2D eigenvalue weighted by molar-refractivity contribution is 8.00. The second-order valence-corrected chi connectivity index (χ2v) is 7.90. The average molecular weight is 353 g/mol. The highest BCUT2D eigenvalue weighted by Gasteiger charge is 2.27. The first-order valence-corrected chi connectivity index (χ1v) is 10.0. The number of alkyl halides is 2. The van der Waals surface area contributed by atoms with Gasteiger partial charge in [0.2, 0.25) is 5.92 Å². The Morgan fingerprint density at radius 1 is 1.09 bits per heavy atom. The van der Waals surface area contributed by atoms with Crippen molar-refractivity contribution in [1.82, 2.24) is 0 Å². The van der Waals surface area contributed by atoms with Gasteiger partial charge in [0, 0.05) is 12.8 Å². The standard InChI is InChI=1S/C18H34F2O2S/c1-5-7-8-10-16(17(21)22-14-15(3)4)23-13-9-12-18(19,20)11-6-2/h15-16H,5-14H2,1-4H3. The lowest BCUT2D eigenvalue weighted by atomic mass is 10.1. The van der Waals surface area contributed by atoms with Gasteiger partial charge in [-0.2, -0.15) is 0 Å². The minimum atomic E-state index is -2.56. The van der Waals surface area contributed by atoms with E-state index < -0.39 is 5.92 Å². The summed E-state index contributed by atoms with van der Waals surface area (Å²) in [5.74, 6) is -1.84. The van der Waals surface area contributed by atoms with Gasteiger partial charge in [-0.05, 0) is 24.5 Å². The molecular weight excluding hydrogens is 318 g/mol. The average Bonchev–Trinajstić information content (AvgIpc) is 2.47. The maximum Gasteiger partial charge on any atom is 0.319 e. The van der Waals surface area contributed by atoms with Crippen LogP contribution < -0.4 is 0 Å². The Kier molecular flexibility index (Phi) is 12.8. The minimum absolute atomic E-state index is 0.0476. The maximum absolute atomic E-state index is 13.5. The summed E-state index contributed by atoms with van der Waals surface area (Å²) in [5.41, 5.74) is 0.